The van der Waals surface area contributed by atoms with E-state index in [0.29, 0.717) is 13.0 Å². The highest BCUT2D eigenvalue weighted by Gasteiger charge is 2.24. The number of carbonyl (C=O) groups excluding carboxylic acids is 1. The Bertz CT molecular complexity index is 882. The molecule has 3 aromatic carbocycles. The van der Waals surface area contributed by atoms with Crippen molar-refractivity contribution in [1.29, 1.82) is 0 Å². The van der Waals surface area contributed by atoms with Crippen LogP contribution in [0.15, 0.2) is 84.9 Å². The van der Waals surface area contributed by atoms with Crippen molar-refractivity contribution in [3.05, 3.63) is 102 Å². The second kappa shape index (κ2) is 10.4. The summed E-state index contributed by atoms with van der Waals surface area (Å²) in [6.45, 7) is 0.600. The summed E-state index contributed by atoms with van der Waals surface area (Å²) in [5.41, 5.74) is 8.86. The standard InChI is InChI=1S/C24H25NO4/c25-22(23(26)24(27)29-17-20-9-5-2-6-10-20)15-18-11-13-21(14-12-18)28-16-19-7-3-1-4-8-19/h1-14,22-23,26H,15-17,25H2/t22?,23-/m0/s1. The second-order valence-corrected chi connectivity index (χ2v) is 6.82. The maximum absolute atomic E-state index is 12.0. The normalized spacial score (nSPS) is 12.8. The van der Waals surface area contributed by atoms with Crippen LogP contribution in [-0.2, 0) is 29.2 Å². The van der Waals surface area contributed by atoms with Gasteiger partial charge in [0.1, 0.15) is 19.0 Å². The molecular formula is C24H25NO4. The van der Waals surface area contributed by atoms with Gasteiger partial charge in [-0.1, -0.05) is 72.8 Å². The van der Waals surface area contributed by atoms with Crippen molar-refractivity contribution < 1.29 is 19.4 Å². The quantitative estimate of drug-likeness (QED) is 0.547. The van der Waals surface area contributed by atoms with Gasteiger partial charge in [0.2, 0.25) is 0 Å². The number of carbonyl (C=O) groups is 1. The van der Waals surface area contributed by atoms with Gasteiger partial charge < -0.3 is 20.3 Å². The van der Waals surface area contributed by atoms with Gasteiger partial charge in [0.05, 0.1) is 0 Å². The molecule has 0 spiro atoms. The Morgan fingerprint density at radius 3 is 1.93 bits per heavy atom. The highest BCUT2D eigenvalue weighted by molar-refractivity contribution is 5.75. The van der Waals surface area contributed by atoms with Crippen LogP contribution >= 0.6 is 0 Å². The molecule has 150 valence electrons. The third-order valence-corrected chi connectivity index (χ3v) is 4.51. The van der Waals surface area contributed by atoms with E-state index in [9.17, 15) is 9.90 Å². The molecule has 0 aliphatic heterocycles. The predicted octanol–water partition coefficient (Wildman–Crippen LogP) is 3.24. The molecule has 0 radical (unpaired) electrons. The van der Waals surface area contributed by atoms with Crippen LogP contribution in [0, 0.1) is 0 Å². The third kappa shape index (κ3) is 6.45. The van der Waals surface area contributed by atoms with Crippen LogP contribution in [-0.4, -0.2) is 23.2 Å². The monoisotopic (exact) mass is 391 g/mol. The Balaban J connectivity index is 1.46. The highest BCUT2D eigenvalue weighted by Crippen LogP contribution is 2.16. The van der Waals surface area contributed by atoms with Gasteiger partial charge >= 0.3 is 5.97 Å². The van der Waals surface area contributed by atoms with E-state index >= 15 is 0 Å². The summed E-state index contributed by atoms with van der Waals surface area (Å²) < 4.78 is 10.9. The fourth-order valence-electron chi connectivity index (χ4n) is 2.84. The topological polar surface area (TPSA) is 81.8 Å². The van der Waals surface area contributed by atoms with Crippen molar-refractivity contribution in [3.63, 3.8) is 0 Å². The summed E-state index contributed by atoms with van der Waals surface area (Å²) in [4.78, 5) is 12.0. The van der Waals surface area contributed by atoms with Crippen molar-refractivity contribution >= 4 is 5.97 Å². The molecule has 5 heteroatoms. The molecule has 0 aromatic heterocycles. The average Bonchev–Trinajstić information content (AvgIpc) is 2.78. The average molecular weight is 391 g/mol. The minimum atomic E-state index is -1.38. The van der Waals surface area contributed by atoms with E-state index in [1.807, 2.05) is 84.9 Å². The van der Waals surface area contributed by atoms with E-state index in [2.05, 4.69) is 0 Å². The minimum Gasteiger partial charge on any atom is -0.489 e. The molecule has 3 rings (SSSR count). The van der Waals surface area contributed by atoms with Crippen LogP contribution in [0.3, 0.4) is 0 Å². The fraction of sp³-hybridized carbons (Fsp3) is 0.208. The first kappa shape index (κ1) is 20.6. The SMILES string of the molecule is NC(Cc1ccc(OCc2ccccc2)cc1)[C@H](O)C(=O)OCc1ccccc1. The summed E-state index contributed by atoms with van der Waals surface area (Å²) in [5, 5.41) is 10.2. The molecule has 3 N–H and O–H groups in total. The number of benzene rings is 3. The molecule has 0 bridgehead atoms. The van der Waals surface area contributed by atoms with Gasteiger partial charge in [-0.3, -0.25) is 0 Å². The van der Waals surface area contributed by atoms with Crippen molar-refractivity contribution in [3.8, 4) is 5.75 Å². The summed E-state index contributed by atoms with van der Waals surface area (Å²) >= 11 is 0. The molecule has 0 amide bonds. The Labute approximate surface area is 170 Å². The van der Waals surface area contributed by atoms with E-state index in [4.69, 9.17) is 15.2 Å². The van der Waals surface area contributed by atoms with Crippen molar-refractivity contribution in [1.82, 2.24) is 0 Å². The van der Waals surface area contributed by atoms with Crippen LogP contribution in [0.1, 0.15) is 16.7 Å². The Morgan fingerprint density at radius 2 is 1.34 bits per heavy atom. The van der Waals surface area contributed by atoms with Gasteiger partial charge in [-0.15, -0.1) is 0 Å². The van der Waals surface area contributed by atoms with Crippen molar-refractivity contribution in [2.45, 2.75) is 31.8 Å². The lowest BCUT2D eigenvalue weighted by Gasteiger charge is -2.18. The number of rotatable bonds is 9. The molecule has 0 fully saturated rings. The molecule has 0 aliphatic rings. The van der Waals surface area contributed by atoms with Gasteiger partial charge in [0.15, 0.2) is 6.10 Å². The van der Waals surface area contributed by atoms with Crippen LogP contribution < -0.4 is 10.5 Å². The largest absolute Gasteiger partial charge is 0.489 e. The van der Waals surface area contributed by atoms with E-state index < -0.39 is 18.1 Å². The predicted molar refractivity (Wildman–Crippen MR) is 111 cm³/mol. The summed E-state index contributed by atoms with van der Waals surface area (Å²) in [5.74, 6) is 0.0261. The first-order valence-corrected chi connectivity index (χ1v) is 9.51. The molecule has 29 heavy (non-hydrogen) atoms. The van der Waals surface area contributed by atoms with Crippen LogP contribution in [0.2, 0.25) is 0 Å². The number of nitrogens with two attached hydrogens (primary N) is 1. The zero-order valence-corrected chi connectivity index (χ0v) is 16.1. The van der Waals surface area contributed by atoms with Gasteiger partial charge in [0.25, 0.3) is 0 Å². The molecule has 0 heterocycles. The van der Waals surface area contributed by atoms with E-state index in [0.717, 1.165) is 22.4 Å². The van der Waals surface area contributed by atoms with Gasteiger partial charge in [-0.05, 0) is 35.2 Å². The van der Waals surface area contributed by atoms with Gasteiger partial charge in [0, 0.05) is 6.04 Å². The number of aliphatic hydroxyl groups excluding tert-OH is 1. The van der Waals surface area contributed by atoms with E-state index in [1.165, 1.54) is 0 Å². The zero-order valence-electron chi connectivity index (χ0n) is 16.1. The number of hydrogen-bond acceptors (Lipinski definition) is 5. The summed E-state index contributed by atoms with van der Waals surface area (Å²) in [6.07, 6.45) is -1.03. The lowest BCUT2D eigenvalue weighted by atomic mass is 10.0. The fourth-order valence-corrected chi connectivity index (χ4v) is 2.84. The Morgan fingerprint density at radius 1 is 0.793 bits per heavy atom. The molecule has 5 nitrogen and oxygen atoms in total. The van der Waals surface area contributed by atoms with Gasteiger partial charge in [-0.2, -0.15) is 0 Å². The number of ether oxygens (including phenoxy) is 2. The second-order valence-electron chi connectivity index (χ2n) is 6.82. The first-order chi connectivity index (χ1) is 14.1. The van der Waals surface area contributed by atoms with Crippen LogP contribution in [0.4, 0.5) is 0 Å². The molecule has 3 aromatic rings. The number of hydrogen-bond donors (Lipinski definition) is 2. The summed E-state index contributed by atoms with van der Waals surface area (Å²) in [7, 11) is 0. The summed E-state index contributed by atoms with van der Waals surface area (Å²) in [6, 6.07) is 25.9. The van der Waals surface area contributed by atoms with Crippen LogP contribution in [0.5, 0.6) is 5.75 Å². The highest BCUT2D eigenvalue weighted by atomic mass is 16.5. The Hall–Kier alpha value is -3.15. The lowest BCUT2D eigenvalue weighted by Crippen LogP contribution is -2.42. The number of aliphatic hydroxyl groups is 1. The minimum absolute atomic E-state index is 0.108. The lowest BCUT2D eigenvalue weighted by molar-refractivity contribution is -0.156. The molecule has 0 aliphatic carbocycles. The molecule has 0 saturated heterocycles. The molecule has 1 unspecified atom stereocenters. The number of esters is 1. The zero-order chi connectivity index (χ0) is 20.5. The smallest absolute Gasteiger partial charge is 0.336 e. The maximum Gasteiger partial charge on any atom is 0.336 e. The maximum atomic E-state index is 12.0. The molecular weight excluding hydrogens is 366 g/mol. The van der Waals surface area contributed by atoms with Crippen LogP contribution in [0.25, 0.3) is 0 Å². The van der Waals surface area contributed by atoms with Crippen molar-refractivity contribution in [2.75, 3.05) is 0 Å². The van der Waals surface area contributed by atoms with E-state index in [-0.39, 0.29) is 6.61 Å². The van der Waals surface area contributed by atoms with Crippen molar-refractivity contribution in [2.24, 2.45) is 5.73 Å². The third-order valence-electron chi connectivity index (χ3n) is 4.51. The molecule has 0 saturated carbocycles. The first-order valence-electron chi connectivity index (χ1n) is 9.51. The Kier molecular flexibility index (Phi) is 7.39. The van der Waals surface area contributed by atoms with E-state index in [1.54, 1.807) is 0 Å². The molecule has 2 atom stereocenters. The van der Waals surface area contributed by atoms with Gasteiger partial charge in [-0.25, -0.2) is 4.79 Å².